The third kappa shape index (κ3) is 4.02. The zero-order chi connectivity index (χ0) is 16.8. The quantitative estimate of drug-likeness (QED) is 0.523. The Hall–Kier alpha value is -1.07. The molecule has 1 heterocycles. The molecular formula is C15H25O6P. The van der Waals surface area contributed by atoms with Crippen molar-refractivity contribution in [3.05, 3.63) is 24.5 Å². The first-order valence-electron chi connectivity index (χ1n) is 7.36. The molecule has 0 spiro atoms. The lowest BCUT2D eigenvalue weighted by molar-refractivity contribution is 0.111. The van der Waals surface area contributed by atoms with Crippen LogP contribution in [0.1, 0.15) is 39.7 Å². The summed E-state index contributed by atoms with van der Waals surface area (Å²) in [7, 11) is -3.68. The standard InChI is InChI=1S/C15H25O6P/c1-6-10-18-14-13(22(17,20-8-3)21-9-4)12(11-19-14)15(5,16)7-2/h7,11,16H,2,6,8-10H2,1,3-5H3. The summed E-state index contributed by atoms with van der Waals surface area (Å²) in [6.45, 7) is 11.2. The number of rotatable bonds is 10. The fourth-order valence-electron chi connectivity index (χ4n) is 1.87. The first kappa shape index (κ1) is 19.0. The molecule has 0 aromatic carbocycles. The molecule has 0 saturated heterocycles. The summed E-state index contributed by atoms with van der Waals surface area (Å²) in [5.41, 5.74) is -1.19. The number of hydrogen-bond acceptors (Lipinski definition) is 6. The van der Waals surface area contributed by atoms with Gasteiger partial charge >= 0.3 is 13.5 Å². The molecule has 6 nitrogen and oxygen atoms in total. The van der Waals surface area contributed by atoms with E-state index in [-0.39, 0.29) is 30.0 Å². The maximum Gasteiger partial charge on any atom is 0.369 e. The normalized spacial score (nSPS) is 14.6. The number of hydrogen-bond donors (Lipinski definition) is 1. The van der Waals surface area contributed by atoms with Crippen LogP contribution in [0.2, 0.25) is 0 Å². The smallest absolute Gasteiger partial charge is 0.369 e. The highest BCUT2D eigenvalue weighted by Crippen LogP contribution is 2.52. The lowest BCUT2D eigenvalue weighted by Crippen LogP contribution is -2.26. The summed E-state index contributed by atoms with van der Waals surface area (Å²) in [5.74, 6) is 0.0456. The summed E-state index contributed by atoms with van der Waals surface area (Å²) in [5, 5.41) is 10.6. The molecule has 0 amide bonds. The summed E-state index contributed by atoms with van der Waals surface area (Å²) in [6, 6.07) is 0. The molecule has 0 bridgehead atoms. The van der Waals surface area contributed by atoms with Gasteiger partial charge in [-0.05, 0) is 27.2 Å². The van der Waals surface area contributed by atoms with Crippen LogP contribution in [0.15, 0.2) is 23.3 Å². The minimum absolute atomic E-state index is 0.0456. The molecule has 126 valence electrons. The monoisotopic (exact) mass is 332 g/mol. The average molecular weight is 332 g/mol. The van der Waals surface area contributed by atoms with Crippen molar-refractivity contribution in [1.82, 2.24) is 0 Å². The lowest BCUT2D eigenvalue weighted by atomic mass is 10.00. The minimum Gasteiger partial charge on any atom is -0.464 e. The molecule has 0 saturated carbocycles. The summed E-state index contributed by atoms with van der Waals surface area (Å²) < 4.78 is 34.7. The molecule has 0 aliphatic heterocycles. The second-order valence-corrected chi connectivity index (χ2v) is 6.78. The van der Waals surface area contributed by atoms with Crippen LogP contribution in [0.25, 0.3) is 0 Å². The maximum absolute atomic E-state index is 13.1. The molecule has 1 aromatic heterocycles. The lowest BCUT2D eigenvalue weighted by Gasteiger charge is -2.23. The summed E-state index contributed by atoms with van der Waals surface area (Å²) >= 11 is 0. The van der Waals surface area contributed by atoms with Gasteiger partial charge < -0.3 is 23.3 Å². The molecule has 1 rings (SSSR count). The van der Waals surface area contributed by atoms with E-state index in [1.165, 1.54) is 19.3 Å². The topological polar surface area (TPSA) is 78.1 Å². The Morgan fingerprint density at radius 3 is 2.41 bits per heavy atom. The number of aliphatic hydroxyl groups is 1. The van der Waals surface area contributed by atoms with E-state index in [0.29, 0.717) is 6.61 Å². The first-order chi connectivity index (χ1) is 10.4. The molecular weight excluding hydrogens is 307 g/mol. The van der Waals surface area contributed by atoms with Crippen LogP contribution in [0, 0.1) is 0 Å². The molecule has 0 aliphatic rings. The summed E-state index contributed by atoms with van der Waals surface area (Å²) in [4.78, 5) is 0. The van der Waals surface area contributed by atoms with Gasteiger partial charge in [-0.1, -0.05) is 19.6 Å². The summed E-state index contributed by atoms with van der Waals surface area (Å²) in [6.07, 6.45) is 3.38. The van der Waals surface area contributed by atoms with Crippen LogP contribution < -0.4 is 10.0 Å². The highest BCUT2D eigenvalue weighted by Gasteiger charge is 2.41. The van der Waals surface area contributed by atoms with Gasteiger partial charge in [0.05, 0.1) is 19.8 Å². The SMILES string of the molecule is C=CC(C)(O)c1coc(OCCC)c1P(=O)(OCC)OCC. The molecule has 1 aromatic rings. The average Bonchev–Trinajstić information content (AvgIpc) is 2.91. The zero-order valence-electron chi connectivity index (χ0n) is 13.6. The van der Waals surface area contributed by atoms with Crippen molar-refractivity contribution in [2.75, 3.05) is 19.8 Å². The molecule has 0 radical (unpaired) electrons. The molecule has 22 heavy (non-hydrogen) atoms. The second-order valence-electron chi connectivity index (χ2n) is 4.82. The third-order valence-electron chi connectivity index (χ3n) is 2.98. The molecule has 0 fully saturated rings. The third-order valence-corrected chi connectivity index (χ3v) is 5.15. The van der Waals surface area contributed by atoms with E-state index in [1.807, 2.05) is 6.92 Å². The predicted octanol–water partition coefficient (Wildman–Crippen LogP) is 3.35. The molecule has 7 heteroatoms. The number of ether oxygens (including phenoxy) is 1. The van der Waals surface area contributed by atoms with Gasteiger partial charge in [-0.3, -0.25) is 4.57 Å². The second kappa shape index (κ2) is 7.97. The van der Waals surface area contributed by atoms with Crippen molar-refractivity contribution in [3.8, 4) is 5.95 Å². The Kier molecular flexibility index (Phi) is 6.88. The van der Waals surface area contributed by atoms with Crippen molar-refractivity contribution in [3.63, 3.8) is 0 Å². The van der Waals surface area contributed by atoms with E-state index in [1.54, 1.807) is 13.8 Å². The largest absolute Gasteiger partial charge is 0.464 e. The fraction of sp³-hybridized carbons (Fsp3) is 0.600. The van der Waals surface area contributed by atoms with Crippen molar-refractivity contribution in [2.45, 2.75) is 39.7 Å². The van der Waals surface area contributed by atoms with Crippen molar-refractivity contribution in [1.29, 1.82) is 0 Å². The zero-order valence-corrected chi connectivity index (χ0v) is 14.5. The van der Waals surface area contributed by atoms with E-state index in [4.69, 9.17) is 18.2 Å². The van der Waals surface area contributed by atoms with Crippen molar-refractivity contribution < 1.29 is 27.9 Å². The Balaban J connectivity index is 3.46. The highest BCUT2D eigenvalue weighted by molar-refractivity contribution is 7.62. The Bertz CT molecular complexity index is 524. The number of furan rings is 1. The Labute approximate surface area is 131 Å². The van der Waals surface area contributed by atoms with Crippen LogP contribution in [0.3, 0.4) is 0 Å². The maximum atomic E-state index is 13.1. The molecule has 1 unspecified atom stereocenters. The van der Waals surface area contributed by atoms with Crippen LogP contribution >= 0.6 is 7.60 Å². The van der Waals surface area contributed by atoms with Crippen molar-refractivity contribution in [2.24, 2.45) is 0 Å². The van der Waals surface area contributed by atoms with Crippen LogP contribution in [0.5, 0.6) is 5.95 Å². The van der Waals surface area contributed by atoms with Crippen LogP contribution in [0.4, 0.5) is 0 Å². The molecule has 0 aliphatic carbocycles. The van der Waals surface area contributed by atoms with E-state index >= 15 is 0 Å². The van der Waals surface area contributed by atoms with Crippen molar-refractivity contribution >= 4 is 12.9 Å². The first-order valence-corrected chi connectivity index (χ1v) is 8.90. The predicted molar refractivity (Wildman–Crippen MR) is 84.8 cm³/mol. The van der Waals surface area contributed by atoms with Gasteiger partial charge in [-0.15, -0.1) is 0 Å². The Morgan fingerprint density at radius 2 is 1.95 bits per heavy atom. The van der Waals surface area contributed by atoms with E-state index in [0.717, 1.165) is 6.42 Å². The van der Waals surface area contributed by atoms with Gasteiger partial charge in [0.15, 0.2) is 5.30 Å². The fourth-order valence-corrected chi connectivity index (χ4v) is 3.79. The van der Waals surface area contributed by atoms with E-state index < -0.39 is 13.2 Å². The van der Waals surface area contributed by atoms with E-state index in [9.17, 15) is 9.67 Å². The van der Waals surface area contributed by atoms with Gasteiger partial charge in [0.2, 0.25) is 0 Å². The van der Waals surface area contributed by atoms with Gasteiger partial charge in [0, 0.05) is 5.56 Å². The van der Waals surface area contributed by atoms with Crippen LogP contribution in [-0.2, 0) is 19.2 Å². The molecule has 1 N–H and O–H groups in total. The Morgan fingerprint density at radius 1 is 1.36 bits per heavy atom. The van der Waals surface area contributed by atoms with Gasteiger partial charge in [0.25, 0.3) is 0 Å². The van der Waals surface area contributed by atoms with Gasteiger partial charge in [-0.25, -0.2) is 0 Å². The van der Waals surface area contributed by atoms with Crippen LogP contribution in [-0.4, -0.2) is 24.9 Å². The van der Waals surface area contributed by atoms with Gasteiger partial charge in [-0.2, -0.15) is 0 Å². The molecule has 1 atom stereocenters. The highest BCUT2D eigenvalue weighted by atomic mass is 31.2. The minimum atomic E-state index is -3.68. The van der Waals surface area contributed by atoms with Gasteiger partial charge in [0.1, 0.15) is 11.9 Å². The van der Waals surface area contributed by atoms with E-state index in [2.05, 4.69) is 6.58 Å².